The van der Waals surface area contributed by atoms with Crippen molar-refractivity contribution in [2.24, 2.45) is 17.1 Å². The Kier molecular flexibility index (Phi) is 7.14. The van der Waals surface area contributed by atoms with Crippen molar-refractivity contribution in [1.29, 1.82) is 0 Å². The molecule has 17 heavy (non-hydrogen) atoms. The fraction of sp³-hybridized carbons (Fsp3) is 1.00. The van der Waals surface area contributed by atoms with Crippen LogP contribution >= 0.6 is 0 Å². The van der Waals surface area contributed by atoms with Crippen LogP contribution in [-0.4, -0.2) is 19.8 Å². The predicted octanol–water partition coefficient (Wildman–Crippen LogP) is 3.74. The summed E-state index contributed by atoms with van der Waals surface area (Å²) in [6.07, 6.45) is 10.7. The molecule has 102 valence electrons. The molecule has 0 spiro atoms. The second-order valence-electron chi connectivity index (χ2n) is 5.74. The summed E-state index contributed by atoms with van der Waals surface area (Å²) in [5.41, 5.74) is 6.48. The maximum atomic E-state index is 6.03. The first-order valence-electron chi connectivity index (χ1n) is 7.54. The lowest BCUT2D eigenvalue weighted by atomic mass is 9.67. The molecular formula is C15H31NO. The standard InChI is InChI=1S/C15H31NO/c1-3-6-14-7-10-15(13-16,11-8-14)9-5-12-17-4-2/h14H,3-13,16H2,1-2H3. The lowest BCUT2D eigenvalue weighted by Crippen LogP contribution is -2.35. The molecule has 2 heteroatoms. The van der Waals surface area contributed by atoms with Crippen LogP contribution in [0.25, 0.3) is 0 Å². The molecule has 1 fully saturated rings. The number of rotatable bonds is 8. The zero-order chi connectivity index (χ0) is 12.6. The SMILES string of the molecule is CCCC1CCC(CN)(CCCOCC)CC1. The van der Waals surface area contributed by atoms with E-state index < -0.39 is 0 Å². The third-order valence-electron chi connectivity index (χ3n) is 4.50. The molecule has 0 aromatic carbocycles. The molecule has 0 atom stereocenters. The Labute approximate surface area is 107 Å². The summed E-state index contributed by atoms with van der Waals surface area (Å²) >= 11 is 0. The van der Waals surface area contributed by atoms with E-state index in [0.29, 0.717) is 5.41 Å². The Hall–Kier alpha value is -0.0800. The first kappa shape index (κ1) is 15.0. The Balaban J connectivity index is 2.28. The van der Waals surface area contributed by atoms with Crippen LogP contribution in [0.5, 0.6) is 0 Å². The van der Waals surface area contributed by atoms with Crippen LogP contribution in [0.1, 0.15) is 65.2 Å². The summed E-state index contributed by atoms with van der Waals surface area (Å²) in [5.74, 6) is 0.978. The Morgan fingerprint density at radius 2 is 1.94 bits per heavy atom. The lowest BCUT2D eigenvalue weighted by Gasteiger charge is -2.39. The molecule has 0 amide bonds. The maximum Gasteiger partial charge on any atom is 0.0466 e. The zero-order valence-corrected chi connectivity index (χ0v) is 11.8. The minimum absolute atomic E-state index is 0.446. The van der Waals surface area contributed by atoms with E-state index in [-0.39, 0.29) is 0 Å². The van der Waals surface area contributed by atoms with Gasteiger partial charge in [0.05, 0.1) is 0 Å². The van der Waals surface area contributed by atoms with Crippen LogP contribution in [0.3, 0.4) is 0 Å². The molecule has 0 bridgehead atoms. The molecule has 1 aliphatic rings. The van der Waals surface area contributed by atoms with Gasteiger partial charge in [-0.05, 0) is 63.3 Å². The van der Waals surface area contributed by atoms with Gasteiger partial charge in [0.15, 0.2) is 0 Å². The molecule has 2 nitrogen and oxygen atoms in total. The first-order chi connectivity index (χ1) is 8.26. The molecule has 0 aromatic heterocycles. The van der Waals surface area contributed by atoms with Crippen molar-refractivity contribution in [3.8, 4) is 0 Å². The van der Waals surface area contributed by atoms with Crippen LogP contribution in [0.15, 0.2) is 0 Å². The molecule has 0 unspecified atom stereocenters. The fourth-order valence-electron chi connectivity index (χ4n) is 3.24. The zero-order valence-electron chi connectivity index (χ0n) is 11.8. The molecule has 0 radical (unpaired) electrons. The molecule has 0 aliphatic heterocycles. The van der Waals surface area contributed by atoms with E-state index in [4.69, 9.17) is 10.5 Å². The lowest BCUT2D eigenvalue weighted by molar-refractivity contribution is 0.100. The normalized spacial score (nSPS) is 29.5. The average Bonchev–Trinajstić information content (AvgIpc) is 2.37. The van der Waals surface area contributed by atoms with Gasteiger partial charge in [0, 0.05) is 13.2 Å². The average molecular weight is 241 g/mol. The smallest absolute Gasteiger partial charge is 0.0466 e. The summed E-state index contributed by atoms with van der Waals surface area (Å²) in [4.78, 5) is 0. The predicted molar refractivity (Wildman–Crippen MR) is 74.1 cm³/mol. The van der Waals surface area contributed by atoms with Gasteiger partial charge in [0.25, 0.3) is 0 Å². The molecule has 0 aromatic rings. The largest absolute Gasteiger partial charge is 0.382 e. The second kappa shape index (κ2) is 8.10. The van der Waals surface area contributed by atoms with E-state index in [1.54, 1.807) is 0 Å². The van der Waals surface area contributed by atoms with Gasteiger partial charge in [-0.3, -0.25) is 0 Å². The van der Waals surface area contributed by atoms with Crippen LogP contribution in [0.2, 0.25) is 0 Å². The minimum Gasteiger partial charge on any atom is -0.382 e. The molecule has 1 rings (SSSR count). The van der Waals surface area contributed by atoms with Crippen LogP contribution in [-0.2, 0) is 4.74 Å². The minimum atomic E-state index is 0.446. The molecule has 0 heterocycles. The molecule has 0 saturated heterocycles. The van der Waals surface area contributed by atoms with Crippen molar-refractivity contribution in [2.45, 2.75) is 65.2 Å². The van der Waals surface area contributed by atoms with Crippen molar-refractivity contribution < 1.29 is 4.74 Å². The summed E-state index contributed by atoms with van der Waals surface area (Å²) < 4.78 is 5.43. The fourth-order valence-corrected chi connectivity index (χ4v) is 3.24. The van der Waals surface area contributed by atoms with Gasteiger partial charge in [-0.1, -0.05) is 19.8 Å². The number of nitrogens with two attached hydrogens (primary N) is 1. The van der Waals surface area contributed by atoms with E-state index in [9.17, 15) is 0 Å². The van der Waals surface area contributed by atoms with Crippen LogP contribution < -0.4 is 5.73 Å². The van der Waals surface area contributed by atoms with Crippen LogP contribution in [0.4, 0.5) is 0 Å². The highest BCUT2D eigenvalue weighted by atomic mass is 16.5. The number of hydrogen-bond acceptors (Lipinski definition) is 2. The maximum absolute atomic E-state index is 6.03. The topological polar surface area (TPSA) is 35.2 Å². The van der Waals surface area contributed by atoms with Crippen LogP contribution in [0, 0.1) is 11.3 Å². The van der Waals surface area contributed by atoms with Gasteiger partial charge in [-0.15, -0.1) is 0 Å². The Morgan fingerprint density at radius 3 is 2.47 bits per heavy atom. The van der Waals surface area contributed by atoms with Gasteiger partial charge in [0.1, 0.15) is 0 Å². The highest BCUT2D eigenvalue weighted by Gasteiger charge is 2.33. The van der Waals surface area contributed by atoms with Gasteiger partial charge >= 0.3 is 0 Å². The van der Waals surface area contributed by atoms with E-state index in [0.717, 1.165) is 25.7 Å². The monoisotopic (exact) mass is 241 g/mol. The van der Waals surface area contributed by atoms with Gasteiger partial charge < -0.3 is 10.5 Å². The van der Waals surface area contributed by atoms with Crippen molar-refractivity contribution in [1.82, 2.24) is 0 Å². The molecular weight excluding hydrogens is 210 g/mol. The number of ether oxygens (including phenoxy) is 1. The van der Waals surface area contributed by atoms with E-state index >= 15 is 0 Å². The van der Waals surface area contributed by atoms with E-state index in [2.05, 4.69) is 13.8 Å². The van der Waals surface area contributed by atoms with Crippen molar-refractivity contribution in [2.75, 3.05) is 19.8 Å². The summed E-state index contributed by atoms with van der Waals surface area (Å²) in [6.45, 7) is 6.99. The summed E-state index contributed by atoms with van der Waals surface area (Å²) in [5, 5.41) is 0. The Bertz CT molecular complexity index is 180. The second-order valence-corrected chi connectivity index (χ2v) is 5.74. The molecule has 1 aliphatic carbocycles. The highest BCUT2D eigenvalue weighted by molar-refractivity contribution is 4.86. The van der Waals surface area contributed by atoms with E-state index in [1.165, 1.54) is 51.4 Å². The summed E-state index contributed by atoms with van der Waals surface area (Å²) in [7, 11) is 0. The van der Waals surface area contributed by atoms with Gasteiger partial charge in [0.2, 0.25) is 0 Å². The van der Waals surface area contributed by atoms with Gasteiger partial charge in [-0.2, -0.15) is 0 Å². The van der Waals surface area contributed by atoms with Crippen molar-refractivity contribution in [3.63, 3.8) is 0 Å². The van der Waals surface area contributed by atoms with E-state index in [1.807, 2.05) is 0 Å². The highest BCUT2D eigenvalue weighted by Crippen LogP contribution is 2.42. The molecule has 2 N–H and O–H groups in total. The third kappa shape index (κ3) is 4.97. The summed E-state index contributed by atoms with van der Waals surface area (Å²) in [6, 6.07) is 0. The van der Waals surface area contributed by atoms with Crippen molar-refractivity contribution in [3.05, 3.63) is 0 Å². The Morgan fingerprint density at radius 1 is 1.24 bits per heavy atom. The third-order valence-corrected chi connectivity index (χ3v) is 4.50. The quantitative estimate of drug-likeness (QED) is 0.657. The van der Waals surface area contributed by atoms with Crippen molar-refractivity contribution >= 4 is 0 Å². The molecule has 1 saturated carbocycles. The first-order valence-corrected chi connectivity index (χ1v) is 7.54. The van der Waals surface area contributed by atoms with Gasteiger partial charge in [-0.25, -0.2) is 0 Å². The number of hydrogen-bond donors (Lipinski definition) is 1.